The van der Waals surface area contributed by atoms with Gasteiger partial charge in [0.25, 0.3) is 5.91 Å². The van der Waals surface area contributed by atoms with E-state index < -0.39 is 0 Å². The second kappa shape index (κ2) is 6.43. The van der Waals surface area contributed by atoms with Crippen LogP contribution in [0.5, 0.6) is 0 Å². The second-order valence-corrected chi connectivity index (χ2v) is 5.94. The number of pyridine rings is 1. The van der Waals surface area contributed by atoms with Gasteiger partial charge in [0.1, 0.15) is 5.82 Å². The van der Waals surface area contributed by atoms with Gasteiger partial charge in [-0.2, -0.15) is 0 Å². The van der Waals surface area contributed by atoms with Crippen molar-refractivity contribution in [2.75, 3.05) is 38.0 Å². The highest BCUT2D eigenvalue weighted by atomic mass is 16.2. The molecule has 3 heterocycles. The average Bonchev–Trinajstić information content (AvgIpc) is 3.00. The SMILES string of the molecule is CCCNc1ccc(C(=O)N2CCN3CCCC3C2)cn1. The van der Waals surface area contributed by atoms with E-state index >= 15 is 0 Å². The number of hydrogen-bond acceptors (Lipinski definition) is 4. The minimum absolute atomic E-state index is 0.121. The molecule has 2 saturated heterocycles. The molecule has 21 heavy (non-hydrogen) atoms. The molecule has 1 unspecified atom stereocenters. The summed E-state index contributed by atoms with van der Waals surface area (Å²) in [6.07, 6.45) is 5.25. The highest BCUT2D eigenvalue weighted by Crippen LogP contribution is 2.22. The van der Waals surface area contributed by atoms with Gasteiger partial charge in [0.05, 0.1) is 5.56 Å². The maximum absolute atomic E-state index is 12.6. The predicted octanol–water partition coefficient (Wildman–Crippen LogP) is 1.82. The molecule has 0 radical (unpaired) electrons. The minimum Gasteiger partial charge on any atom is -0.370 e. The van der Waals surface area contributed by atoms with E-state index in [1.54, 1.807) is 6.20 Å². The molecule has 1 N–H and O–H groups in total. The quantitative estimate of drug-likeness (QED) is 0.918. The van der Waals surface area contributed by atoms with E-state index in [1.807, 2.05) is 17.0 Å². The second-order valence-electron chi connectivity index (χ2n) is 5.94. The van der Waals surface area contributed by atoms with Gasteiger partial charge in [0.2, 0.25) is 0 Å². The Morgan fingerprint density at radius 3 is 3.05 bits per heavy atom. The summed E-state index contributed by atoms with van der Waals surface area (Å²) in [5.41, 5.74) is 0.698. The van der Waals surface area contributed by atoms with Crippen molar-refractivity contribution >= 4 is 11.7 Å². The van der Waals surface area contributed by atoms with E-state index in [4.69, 9.17) is 0 Å². The molecular formula is C16H24N4O. The van der Waals surface area contributed by atoms with Crippen LogP contribution in [0.4, 0.5) is 5.82 Å². The summed E-state index contributed by atoms with van der Waals surface area (Å²) in [5.74, 6) is 0.963. The lowest BCUT2D eigenvalue weighted by atomic mass is 10.1. The van der Waals surface area contributed by atoms with Crippen LogP contribution >= 0.6 is 0 Å². The molecule has 1 aromatic rings. The summed E-state index contributed by atoms with van der Waals surface area (Å²) in [6.45, 7) is 6.95. The summed E-state index contributed by atoms with van der Waals surface area (Å²) in [4.78, 5) is 21.4. The van der Waals surface area contributed by atoms with Crippen molar-refractivity contribution < 1.29 is 4.79 Å². The maximum atomic E-state index is 12.6. The summed E-state index contributed by atoms with van der Waals surface area (Å²) in [7, 11) is 0. The van der Waals surface area contributed by atoms with Crippen molar-refractivity contribution in [3.8, 4) is 0 Å². The third-order valence-corrected chi connectivity index (χ3v) is 4.44. The number of carbonyl (C=O) groups excluding carboxylic acids is 1. The van der Waals surface area contributed by atoms with Gasteiger partial charge in [-0.05, 0) is 37.9 Å². The Bertz CT molecular complexity index is 488. The van der Waals surface area contributed by atoms with Gasteiger partial charge in [-0.15, -0.1) is 0 Å². The standard InChI is InChI=1S/C16H24N4O/c1-2-7-17-15-6-5-13(11-18-15)16(21)20-10-9-19-8-3-4-14(19)12-20/h5-6,11,14H,2-4,7-10,12H2,1H3,(H,17,18). The number of nitrogens with zero attached hydrogens (tertiary/aromatic N) is 3. The molecule has 0 saturated carbocycles. The molecule has 0 bridgehead atoms. The maximum Gasteiger partial charge on any atom is 0.255 e. The van der Waals surface area contributed by atoms with Crippen LogP contribution in [0.3, 0.4) is 0 Å². The van der Waals surface area contributed by atoms with Crippen LogP contribution in [0.2, 0.25) is 0 Å². The van der Waals surface area contributed by atoms with E-state index in [1.165, 1.54) is 19.4 Å². The minimum atomic E-state index is 0.121. The zero-order valence-corrected chi connectivity index (χ0v) is 12.7. The van der Waals surface area contributed by atoms with E-state index in [0.29, 0.717) is 11.6 Å². The smallest absolute Gasteiger partial charge is 0.255 e. The summed E-state index contributed by atoms with van der Waals surface area (Å²) >= 11 is 0. The number of hydrogen-bond donors (Lipinski definition) is 1. The Hall–Kier alpha value is -1.62. The highest BCUT2D eigenvalue weighted by molar-refractivity contribution is 5.94. The molecule has 5 nitrogen and oxygen atoms in total. The van der Waals surface area contributed by atoms with E-state index in [2.05, 4.69) is 22.1 Å². The number of carbonyl (C=O) groups is 1. The molecule has 2 aliphatic rings. The van der Waals surface area contributed by atoms with Crippen molar-refractivity contribution in [1.29, 1.82) is 0 Å². The van der Waals surface area contributed by atoms with Crippen molar-refractivity contribution in [3.05, 3.63) is 23.9 Å². The Morgan fingerprint density at radius 1 is 1.38 bits per heavy atom. The first-order chi connectivity index (χ1) is 10.3. The molecule has 1 aromatic heterocycles. The lowest BCUT2D eigenvalue weighted by Gasteiger charge is -2.37. The number of anilines is 1. The fraction of sp³-hybridized carbons (Fsp3) is 0.625. The Balaban J connectivity index is 1.62. The molecule has 0 aromatic carbocycles. The van der Waals surface area contributed by atoms with Gasteiger partial charge >= 0.3 is 0 Å². The molecule has 2 aliphatic heterocycles. The number of amides is 1. The van der Waals surface area contributed by atoms with E-state index in [-0.39, 0.29) is 5.91 Å². The first-order valence-electron chi connectivity index (χ1n) is 8.01. The summed E-state index contributed by atoms with van der Waals surface area (Å²) < 4.78 is 0. The average molecular weight is 288 g/mol. The number of piperazine rings is 1. The van der Waals surface area contributed by atoms with Gasteiger partial charge < -0.3 is 10.2 Å². The number of rotatable bonds is 4. The number of aromatic nitrogens is 1. The van der Waals surface area contributed by atoms with Crippen molar-refractivity contribution in [3.63, 3.8) is 0 Å². The number of fused-ring (bicyclic) bond motifs is 1. The van der Waals surface area contributed by atoms with Gasteiger partial charge in [-0.1, -0.05) is 6.92 Å². The Morgan fingerprint density at radius 2 is 2.29 bits per heavy atom. The first-order valence-corrected chi connectivity index (χ1v) is 8.01. The zero-order valence-electron chi connectivity index (χ0n) is 12.7. The first kappa shape index (κ1) is 14.3. The molecule has 2 fully saturated rings. The van der Waals surface area contributed by atoms with E-state index in [0.717, 1.165) is 38.4 Å². The summed E-state index contributed by atoms with van der Waals surface area (Å²) in [5, 5.41) is 3.23. The van der Waals surface area contributed by atoms with Gasteiger partial charge in [-0.25, -0.2) is 4.98 Å². The fourth-order valence-electron chi connectivity index (χ4n) is 3.24. The highest BCUT2D eigenvalue weighted by Gasteiger charge is 2.32. The molecule has 0 spiro atoms. The Kier molecular flexibility index (Phi) is 4.39. The van der Waals surface area contributed by atoms with Gasteiger partial charge in [-0.3, -0.25) is 9.69 Å². The number of nitrogens with one attached hydrogen (secondary N) is 1. The van der Waals surface area contributed by atoms with Crippen LogP contribution in [0.25, 0.3) is 0 Å². The third kappa shape index (κ3) is 3.18. The van der Waals surface area contributed by atoms with Crippen LogP contribution in [0, 0.1) is 0 Å². The largest absolute Gasteiger partial charge is 0.370 e. The molecule has 114 valence electrons. The molecule has 5 heteroatoms. The van der Waals surface area contributed by atoms with Crippen LogP contribution < -0.4 is 5.32 Å². The topological polar surface area (TPSA) is 48.5 Å². The molecule has 1 amide bonds. The van der Waals surface area contributed by atoms with Crippen molar-refractivity contribution in [2.24, 2.45) is 0 Å². The molecular weight excluding hydrogens is 264 g/mol. The lowest BCUT2D eigenvalue weighted by molar-refractivity contribution is 0.0571. The zero-order chi connectivity index (χ0) is 14.7. The van der Waals surface area contributed by atoms with Gasteiger partial charge in [0.15, 0.2) is 0 Å². The van der Waals surface area contributed by atoms with Gasteiger partial charge in [0, 0.05) is 38.4 Å². The van der Waals surface area contributed by atoms with Crippen LogP contribution in [0.1, 0.15) is 36.5 Å². The van der Waals surface area contributed by atoms with Crippen molar-refractivity contribution in [1.82, 2.24) is 14.8 Å². The molecule has 0 aliphatic carbocycles. The molecule has 1 atom stereocenters. The van der Waals surface area contributed by atoms with E-state index in [9.17, 15) is 4.79 Å². The molecule has 3 rings (SSSR count). The normalized spacial score (nSPS) is 22.1. The predicted molar refractivity (Wildman–Crippen MR) is 83.5 cm³/mol. The third-order valence-electron chi connectivity index (χ3n) is 4.44. The van der Waals surface area contributed by atoms with Crippen molar-refractivity contribution in [2.45, 2.75) is 32.2 Å². The van der Waals surface area contributed by atoms with Crippen LogP contribution in [-0.4, -0.2) is 59.5 Å². The van der Waals surface area contributed by atoms with Crippen LogP contribution in [-0.2, 0) is 0 Å². The van der Waals surface area contributed by atoms with Crippen LogP contribution in [0.15, 0.2) is 18.3 Å². The lowest BCUT2D eigenvalue weighted by Crippen LogP contribution is -2.52. The summed E-state index contributed by atoms with van der Waals surface area (Å²) in [6, 6.07) is 4.35. The fourth-order valence-corrected chi connectivity index (χ4v) is 3.24. The Labute approximate surface area is 126 Å². The monoisotopic (exact) mass is 288 g/mol.